The molecule has 0 atom stereocenters. The maximum absolute atomic E-state index is 10.9. The van der Waals surface area contributed by atoms with Gasteiger partial charge in [0.2, 0.25) is 0 Å². The molecule has 3 nitrogen and oxygen atoms in total. The minimum absolute atomic E-state index is 0.327. The van der Waals surface area contributed by atoms with Gasteiger partial charge in [-0.3, -0.25) is 0 Å². The third kappa shape index (κ3) is 2.62. The topological polar surface area (TPSA) is 49.3 Å². The van der Waals surface area contributed by atoms with E-state index in [0.717, 1.165) is 12.1 Å². The van der Waals surface area contributed by atoms with Crippen LogP contribution < -0.4 is 5.32 Å². The molecule has 0 heterocycles. The molecular formula is C12H14BrNO2. The summed E-state index contributed by atoms with van der Waals surface area (Å²) in [5.74, 6) is -0.891. The number of carboxylic acid groups (broad SMARTS) is 1. The summed E-state index contributed by atoms with van der Waals surface area (Å²) in [7, 11) is 0. The Hall–Kier alpha value is -0.870. The Morgan fingerprint density at radius 3 is 2.81 bits per heavy atom. The highest BCUT2D eigenvalue weighted by molar-refractivity contribution is 9.10. The molecule has 1 aliphatic rings. The molecule has 1 saturated carbocycles. The molecule has 0 saturated heterocycles. The van der Waals surface area contributed by atoms with Crippen molar-refractivity contribution in [2.75, 3.05) is 0 Å². The molecule has 4 heteroatoms. The molecule has 0 radical (unpaired) electrons. The fraction of sp³-hybridized carbons (Fsp3) is 0.417. The molecule has 2 rings (SSSR count). The van der Waals surface area contributed by atoms with E-state index in [2.05, 4.69) is 21.2 Å². The molecule has 1 aromatic carbocycles. The van der Waals surface area contributed by atoms with E-state index in [0.29, 0.717) is 16.1 Å². The van der Waals surface area contributed by atoms with Crippen LogP contribution in [0.1, 0.15) is 35.2 Å². The number of rotatable bonds is 4. The average molecular weight is 284 g/mol. The fourth-order valence-corrected chi connectivity index (χ4v) is 2.14. The summed E-state index contributed by atoms with van der Waals surface area (Å²) in [5.41, 5.74) is 1.35. The molecule has 0 spiro atoms. The molecule has 1 aliphatic carbocycles. The molecule has 0 bridgehead atoms. The number of halogens is 1. The minimum Gasteiger partial charge on any atom is -0.478 e. The molecule has 16 heavy (non-hydrogen) atoms. The van der Waals surface area contributed by atoms with Crippen molar-refractivity contribution in [1.29, 1.82) is 0 Å². The van der Waals surface area contributed by atoms with Crippen LogP contribution in [-0.2, 0) is 6.54 Å². The van der Waals surface area contributed by atoms with E-state index in [-0.39, 0.29) is 0 Å². The Balaban J connectivity index is 2.03. The van der Waals surface area contributed by atoms with Gasteiger partial charge in [0.1, 0.15) is 0 Å². The molecule has 2 N–H and O–H groups in total. The van der Waals surface area contributed by atoms with Gasteiger partial charge < -0.3 is 10.4 Å². The second-order valence-corrected chi connectivity index (χ2v) is 4.98. The maximum Gasteiger partial charge on any atom is 0.336 e. The lowest BCUT2D eigenvalue weighted by atomic mass is 9.93. The number of nitrogens with one attached hydrogen (secondary N) is 1. The van der Waals surface area contributed by atoms with Crippen LogP contribution in [0.2, 0.25) is 0 Å². The van der Waals surface area contributed by atoms with E-state index in [4.69, 9.17) is 5.11 Å². The van der Waals surface area contributed by atoms with Crippen LogP contribution in [-0.4, -0.2) is 17.1 Å². The second kappa shape index (κ2) is 4.97. The van der Waals surface area contributed by atoms with Crippen molar-refractivity contribution in [1.82, 2.24) is 5.32 Å². The largest absolute Gasteiger partial charge is 0.478 e. The predicted octanol–water partition coefficient (Wildman–Crippen LogP) is 2.79. The first-order valence-electron chi connectivity index (χ1n) is 5.42. The molecule has 86 valence electrons. The third-order valence-corrected chi connectivity index (χ3v) is 3.65. The van der Waals surface area contributed by atoms with Crippen molar-refractivity contribution in [3.05, 3.63) is 33.8 Å². The maximum atomic E-state index is 10.9. The first kappa shape index (κ1) is 11.6. The van der Waals surface area contributed by atoms with Crippen molar-refractivity contribution < 1.29 is 9.90 Å². The van der Waals surface area contributed by atoms with Crippen molar-refractivity contribution in [3.63, 3.8) is 0 Å². The van der Waals surface area contributed by atoms with Crippen LogP contribution in [0.3, 0.4) is 0 Å². The van der Waals surface area contributed by atoms with E-state index < -0.39 is 5.97 Å². The van der Waals surface area contributed by atoms with Gasteiger partial charge in [0.25, 0.3) is 0 Å². The number of carbonyl (C=O) groups is 1. The zero-order chi connectivity index (χ0) is 11.5. The van der Waals surface area contributed by atoms with Crippen molar-refractivity contribution in [2.24, 2.45) is 0 Å². The Bertz CT molecular complexity index is 402. The van der Waals surface area contributed by atoms with E-state index >= 15 is 0 Å². The van der Waals surface area contributed by atoms with Gasteiger partial charge in [0.05, 0.1) is 5.56 Å². The van der Waals surface area contributed by atoms with Gasteiger partial charge in [-0.2, -0.15) is 0 Å². The Labute approximate surface area is 103 Å². The van der Waals surface area contributed by atoms with E-state index in [1.807, 2.05) is 6.07 Å². The normalized spacial score (nSPS) is 15.8. The quantitative estimate of drug-likeness (QED) is 0.893. The van der Waals surface area contributed by atoms with Crippen molar-refractivity contribution in [3.8, 4) is 0 Å². The number of aromatic carboxylic acids is 1. The van der Waals surface area contributed by atoms with E-state index in [1.165, 1.54) is 19.3 Å². The number of benzene rings is 1. The van der Waals surface area contributed by atoms with Crippen LogP contribution in [0.25, 0.3) is 0 Å². The molecule has 0 aromatic heterocycles. The number of hydrogen-bond donors (Lipinski definition) is 2. The lowest BCUT2D eigenvalue weighted by molar-refractivity contribution is 0.0696. The van der Waals surface area contributed by atoms with Crippen LogP contribution in [0.4, 0.5) is 0 Å². The summed E-state index contributed by atoms with van der Waals surface area (Å²) in [6, 6.07) is 6.08. The Morgan fingerprint density at radius 2 is 2.25 bits per heavy atom. The van der Waals surface area contributed by atoms with Crippen LogP contribution in [0, 0.1) is 0 Å². The number of hydrogen-bond acceptors (Lipinski definition) is 2. The zero-order valence-electron chi connectivity index (χ0n) is 8.87. The highest BCUT2D eigenvalue weighted by Crippen LogP contribution is 2.21. The van der Waals surface area contributed by atoms with E-state index in [9.17, 15) is 4.79 Å². The van der Waals surface area contributed by atoms with Gasteiger partial charge in [-0.25, -0.2) is 4.79 Å². The first-order chi connectivity index (χ1) is 7.66. The minimum atomic E-state index is -0.891. The molecular weight excluding hydrogens is 270 g/mol. The fourth-order valence-electron chi connectivity index (χ4n) is 1.72. The molecule has 0 unspecified atom stereocenters. The summed E-state index contributed by atoms with van der Waals surface area (Å²) in [6.45, 7) is 0.748. The van der Waals surface area contributed by atoms with Gasteiger partial charge in [-0.15, -0.1) is 0 Å². The zero-order valence-corrected chi connectivity index (χ0v) is 10.5. The molecule has 1 aromatic rings. The van der Waals surface area contributed by atoms with Crippen LogP contribution in [0.15, 0.2) is 22.7 Å². The lowest BCUT2D eigenvalue weighted by Crippen LogP contribution is -2.34. The first-order valence-corrected chi connectivity index (χ1v) is 6.21. The Morgan fingerprint density at radius 1 is 1.50 bits per heavy atom. The van der Waals surface area contributed by atoms with Gasteiger partial charge >= 0.3 is 5.97 Å². The summed E-state index contributed by atoms with van der Waals surface area (Å²) in [5, 5.41) is 12.4. The van der Waals surface area contributed by atoms with Crippen LogP contribution >= 0.6 is 15.9 Å². The molecule has 0 amide bonds. The van der Waals surface area contributed by atoms with Crippen LogP contribution in [0.5, 0.6) is 0 Å². The smallest absolute Gasteiger partial charge is 0.336 e. The summed E-state index contributed by atoms with van der Waals surface area (Å²) in [4.78, 5) is 10.9. The van der Waals surface area contributed by atoms with Gasteiger partial charge in [-0.05, 0) is 46.5 Å². The Kier molecular flexibility index (Phi) is 3.61. The summed E-state index contributed by atoms with van der Waals surface area (Å²) < 4.78 is 0.632. The third-order valence-electron chi connectivity index (χ3n) is 2.96. The van der Waals surface area contributed by atoms with Crippen molar-refractivity contribution in [2.45, 2.75) is 31.8 Å². The summed E-state index contributed by atoms with van der Waals surface area (Å²) in [6.07, 6.45) is 3.78. The van der Waals surface area contributed by atoms with Gasteiger partial charge in [0, 0.05) is 17.1 Å². The standard InChI is InChI=1S/C12H14BrNO2/c13-11-5-4-8(6-10(11)12(15)16)7-14-9-2-1-3-9/h4-6,9,14H,1-3,7H2,(H,15,16). The molecule has 0 aliphatic heterocycles. The monoisotopic (exact) mass is 283 g/mol. The average Bonchev–Trinajstić information content (AvgIpc) is 2.17. The number of carboxylic acids is 1. The summed E-state index contributed by atoms with van der Waals surface area (Å²) >= 11 is 3.23. The SMILES string of the molecule is O=C(O)c1cc(CNC2CCC2)ccc1Br. The lowest BCUT2D eigenvalue weighted by Gasteiger charge is -2.26. The highest BCUT2D eigenvalue weighted by atomic mass is 79.9. The van der Waals surface area contributed by atoms with E-state index in [1.54, 1.807) is 12.1 Å². The van der Waals surface area contributed by atoms with Gasteiger partial charge in [-0.1, -0.05) is 12.5 Å². The molecule has 1 fully saturated rings. The van der Waals surface area contributed by atoms with Gasteiger partial charge in [0.15, 0.2) is 0 Å². The highest BCUT2D eigenvalue weighted by Gasteiger charge is 2.16. The second-order valence-electron chi connectivity index (χ2n) is 4.13. The van der Waals surface area contributed by atoms with Crippen molar-refractivity contribution >= 4 is 21.9 Å². The predicted molar refractivity (Wildman–Crippen MR) is 65.6 cm³/mol.